The fraction of sp³-hybridized carbons (Fsp3) is 0.250. The third-order valence-corrected chi connectivity index (χ3v) is 2.59. The molecule has 7 nitrogen and oxygen atoms in total. The summed E-state index contributed by atoms with van der Waals surface area (Å²) in [5.74, 6) is 1.17. The third-order valence-electron chi connectivity index (χ3n) is 2.42. The molecule has 106 valence electrons. The molecule has 0 aliphatic rings. The van der Waals surface area contributed by atoms with Gasteiger partial charge in [0.1, 0.15) is 0 Å². The number of aliphatic hydroxyl groups excluding tert-OH is 1. The maximum absolute atomic E-state index is 9.09. The van der Waals surface area contributed by atoms with Crippen LogP contribution in [0, 0.1) is 0 Å². The highest BCUT2D eigenvalue weighted by atomic mass is 35.5. The number of halogens is 1. The van der Waals surface area contributed by atoms with Gasteiger partial charge in [0.05, 0.1) is 13.7 Å². The van der Waals surface area contributed by atoms with Gasteiger partial charge in [-0.05, 0) is 29.3 Å². The first-order valence-corrected chi connectivity index (χ1v) is 6.09. The van der Waals surface area contributed by atoms with E-state index in [-0.39, 0.29) is 17.9 Å². The third kappa shape index (κ3) is 3.25. The van der Waals surface area contributed by atoms with Crippen molar-refractivity contribution >= 4 is 17.5 Å². The van der Waals surface area contributed by atoms with Crippen LogP contribution in [0.1, 0.15) is 5.56 Å². The number of hydrogen-bond donors (Lipinski definition) is 2. The predicted molar refractivity (Wildman–Crippen MR) is 73.4 cm³/mol. The van der Waals surface area contributed by atoms with Crippen LogP contribution in [-0.4, -0.2) is 34.2 Å². The molecule has 0 aliphatic carbocycles. The molecule has 0 amide bonds. The molecule has 0 saturated carbocycles. The molecule has 2 aromatic rings. The molecule has 0 atom stereocenters. The van der Waals surface area contributed by atoms with E-state index in [2.05, 4.69) is 20.3 Å². The molecule has 0 aliphatic heterocycles. The zero-order chi connectivity index (χ0) is 14.5. The number of nitrogens with zero attached hydrogens (tertiary/aromatic N) is 3. The monoisotopic (exact) mass is 296 g/mol. The molecule has 2 rings (SSSR count). The quantitative estimate of drug-likeness (QED) is 0.870. The Morgan fingerprint density at radius 2 is 2.05 bits per heavy atom. The summed E-state index contributed by atoms with van der Waals surface area (Å²) in [6, 6.07) is 5.07. The van der Waals surface area contributed by atoms with Crippen LogP contribution in [0.5, 0.6) is 17.5 Å². The van der Waals surface area contributed by atoms with Crippen LogP contribution in [0.15, 0.2) is 18.2 Å². The largest absolute Gasteiger partial charge is 0.493 e. The van der Waals surface area contributed by atoms with Crippen molar-refractivity contribution in [1.29, 1.82) is 0 Å². The SMILES string of the molecule is CNc1nc(Cl)nc(Oc2ccc(CO)cc2OC)n1. The molecular weight excluding hydrogens is 284 g/mol. The van der Waals surface area contributed by atoms with Crippen molar-refractivity contribution in [3.05, 3.63) is 29.0 Å². The van der Waals surface area contributed by atoms with Crippen molar-refractivity contribution < 1.29 is 14.6 Å². The molecule has 0 fully saturated rings. The number of rotatable bonds is 5. The van der Waals surface area contributed by atoms with Gasteiger partial charge < -0.3 is 19.9 Å². The van der Waals surface area contributed by atoms with Crippen LogP contribution >= 0.6 is 11.6 Å². The lowest BCUT2D eigenvalue weighted by molar-refractivity contribution is 0.280. The van der Waals surface area contributed by atoms with Crippen LogP contribution in [0.4, 0.5) is 5.95 Å². The van der Waals surface area contributed by atoms with Crippen molar-refractivity contribution in [1.82, 2.24) is 15.0 Å². The average molecular weight is 297 g/mol. The van der Waals surface area contributed by atoms with Crippen LogP contribution in [0.3, 0.4) is 0 Å². The second-order valence-corrected chi connectivity index (χ2v) is 4.04. The molecule has 1 aromatic carbocycles. The normalized spacial score (nSPS) is 10.2. The molecule has 0 spiro atoms. The zero-order valence-corrected chi connectivity index (χ0v) is 11.7. The number of methoxy groups -OCH3 is 1. The van der Waals surface area contributed by atoms with Crippen molar-refractivity contribution in [2.45, 2.75) is 6.61 Å². The fourth-order valence-corrected chi connectivity index (χ4v) is 1.63. The highest BCUT2D eigenvalue weighted by Crippen LogP contribution is 2.31. The molecule has 8 heteroatoms. The standard InChI is InChI=1S/C12H13ClN4O3/c1-14-11-15-10(13)16-12(17-11)20-8-4-3-7(6-18)5-9(8)19-2/h3-5,18H,6H2,1-2H3,(H,14,15,16,17). The molecule has 2 N–H and O–H groups in total. The van der Waals surface area contributed by atoms with E-state index in [4.69, 9.17) is 26.2 Å². The van der Waals surface area contributed by atoms with Gasteiger partial charge in [0.25, 0.3) is 0 Å². The summed E-state index contributed by atoms with van der Waals surface area (Å²) in [5, 5.41) is 11.9. The Morgan fingerprint density at radius 1 is 1.25 bits per heavy atom. The zero-order valence-electron chi connectivity index (χ0n) is 10.9. The van der Waals surface area contributed by atoms with Gasteiger partial charge in [-0.25, -0.2) is 0 Å². The summed E-state index contributed by atoms with van der Waals surface area (Å²) in [5.41, 5.74) is 0.707. The summed E-state index contributed by atoms with van der Waals surface area (Å²) in [6.07, 6.45) is 0. The molecule has 1 aromatic heterocycles. The Morgan fingerprint density at radius 3 is 2.70 bits per heavy atom. The first-order valence-electron chi connectivity index (χ1n) is 5.71. The average Bonchev–Trinajstić information content (AvgIpc) is 2.47. The van der Waals surface area contributed by atoms with E-state index >= 15 is 0 Å². The van der Waals surface area contributed by atoms with Gasteiger partial charge in [-0.1, -0.05) is 6.07 Å². The number of aliphatic hydroxyl groups is 1. The number of hydrogen-bond acceptors (Lipinski definition) is 7. The lowest BCUT2D eigenvalue weighted by Crippen LogP contribution is -2.02. The van der Waals surface area contributed by atoms with Crippen LogP contribution in [0.2, 0.25) is 5.28 Å². The minimum atomic E-state index is -0.0852. The van der Waals surface area contributed by atoms with Crippen molar-refractivity contribution in [2.24, 2.45) is 0 Å². The van der Waals surface area contributed by atoms with Crippen LogP contribution in [0.25, 0.3) is 0 Å². The van der Waals surface area contributed by atoms with Gasteiger partial charge in [-0.3, -0.25) is 0 Å². The summed E-state index contributed by atoms with van der Waals surface area (Å²) in [4.78, 5) is 11.7. The van der Waals surface area contributed by atoms with Crippen molar-refractivity contribution in [2.75, 3.05) is 19.5 Å². The first-order chi connectivity index (χ1) is 9.66. The van der Waals surface area contributed by atoms with E-state index < -0.39 is 0 Å². The minimum Gasteiger partial charge on any atom is -0.493 e. The van der Waals surface area contributed by atoms with Gasteiger partial charge >= 0.3 is 6.01 Å². The molecule has 1 heterocycles. The summed E-state index contributed by atoms with van der Waals surface area (Å²) in [7, 11) is 3.16. The minimum absolute atomic E-state index is 0.0188. The number of benzene rings is 1. The number of anilines is 1. The summed E-state index contributed by atoms with van der Waals surface area (Å²) >= 11 is 5.77. The van der Waals surface area contributed by atoms with E-state index in [9.17, 15) is 0 Å². The molecule has 0 radical (unpaired) electrons. The second kappa shape index (κ2) is 6.36. The van der Waals surface area contributed by atoms with Gasteiger partial charge in [0, 0.05) is 7.05 Å². The Bertz CT molecular complexity index is 609. The molecule has 0 bridgehead atoms. The maximum Gasteiger partial charge on any atom is 0.328 e. The number of aromatic nitrogens is 3. The van der Waals surface area contributed by atoms with Crippen LogP contribution in [-0.2, 0) is 6.61 Å². The molecule has 0 unspecified atom stereocenters. The predicted octanol–water partition coefficient (Wildman–Crippen LogP) is 1.86. The first kappa shape index (κ1) is 14.3. The molecule has 0 saturated heterocycles. The Labute approximate surface area is 120 Å². The van der Waals surface area contributed by atoms with E-state index in [1.807, 2.05) is 0 Å². The fourth-order valence-electron chi connectivity index (χ4n) is 1.48. The summed E-state index contributed by atoms with van der Waals surface area (Å²) < 4.78 is 10.7. The van der Waals surface area contributed by atoms with Gasteiger partial charge in [0.15, 0.2) is 11.5 Å². The van der Waals surface area contributed by atoms with Gasteiger partial charge in [-0.2, -0.15) is 15.0 Å². The smallest absolute Gasteiger partial charge is 0.328 e. The van der Waals surface area contributed by atoms with Crippen LogP contribution < -0.4 is 14.8 Å². The van der Waals surface area contributed by atoms with E-state index in [0.29, 0.717) is 23.0 Å². The topological polar surface area (TPSA) is 89.4 Å². The summed E-state index contributed by atoms with van der Waals surface area (Å²) in [6.45, 7) is -0.0852. The Balaban J connectivity index is 2.31. The number of ether oxygens (including phenoxy) is 2. The molecular formula is C12H13ClN4O3. The van der Waals surface area contributed by atoms with Crippen molar-refractivity contribution in [3.63, 3.8) is 0 Å². The maximum atomic E-state index is 9.09. The highest BCUT2D eigenvalue weighted by Gasteiger charge is 2.11. The Kier molecular flexibility index (Phi) is 4.54. The van der Waals surface area contributed by atoms with Gasteiger partial charge in [0.2, 0.25) is 11.2 Å². The second-order valence-electron chi connectivity index (χ2n) is 3.71. The van der Waals surface area contributed by atoms with E-state index in [1.165, 1.54) is 7.11 Å². The lowest BCUT2D eigenvalue weighted by atomic mass is 10.2. The highest BCUT2D eigenvalue weighted by molar-refractivity contribution is 6.28. The van der Waals surface area contributed by atoms with Gasteiger partial charge in [-0.15, -0.1) is 0 Å². The molecule has 20 heavy (non-hydrogen) atoms. The Hall–Kier alpha value is -2.12. The number of nitrogens with one attached hydrogen (secondary N) is 1. The lowest BCUT2D eigenvalue weighted by Gasteiger charge is -2.10. The van der Waals surface area contributed by atoms with E-state index in [0.717, 1.165) is 0 Å². The van der Waals surface area contributed by atoms with Crippen molar-refractivity contribution in [3.8, 4) is 17.5 Å². The van der Waals surface area contributed by atoms with E-state index in [1.54, 1.807) is 25.2 Å².